The molecule has 0 saturated heterocycles. The molecule has 1 aliphatic heterocycles. The third-order valence-electron chi connectivity index (χ3n) is 3.17. The van der Waals surface area contributed by atoms with E-state index < -0.39 is 5.97 Å². The van der Waals surface area contributed by atoms with Gasteiger partial charge >= 0.3 is 5.97 Å². The zero-order valence-corrected chi connectivity index (χ0v) is 9.76. The normalized spacial score (nSPS) is 14.7. The molecule has 1 aromatic heterocycles. The van der Waals surface area contributed by atoms with Crippen molar-refractivity contribution >= 4 is 5.97 Å². The van der Waals surface area contributed by atoms with Crippen LogP contribution >= 0.6 is 0 Å². The monoisotopic (exact) mass is 243 g/mol. The minimum absolute atomic E-state index is 0.153. The summed E-state index contributed by atoms with van der Waals surface area (Å²) in [5.74, 6) is -0.964. The number of nitrogens with zero attached hydrogens (tertiary/aromatic N) is 2. The number of hydrogen-bond donors (Lipinski definition) is 2. The zero-order chi connectivity index (χ0) is 12.5. The highest BCUT2D eigenvalue weighted by molar-refractivity contribution is 5.87. The predicted molar refractivity (Wildman–Crippen MR) is 64.9 cm³/mol. The van der Waals surface area contributed by atoms with Gasteiger partial charge in [-0.1, -0.05) is 30.3 Å². The van der Waals surface area contributed by atoms with Crippen LogP contribution in [0.2, 0.25) is 0 Å². The molecule has 0 fully saturated rings. The molecule has 2 N–H and O–H groups in total. The average Bonchev–Trinajstić information content (AvgIpc) is 2.89. The third kappa shape index (κ3) is 1.89. The number of carbonyl (C=O) groups is 1. The molecule has 1 aromatic carbocycles. The van der Waals surface area contributed by atoms with E-state index in [1.165, 1.54) is 5.56 Å². The van der Waals surface area contributed by atoms with E-state index in [4.69, 9.17) is 5.11 Å². The smallest absolute Gasteiger partial charge is 0.356 e. The lowest BCUT2D eigenvalue weighted by molar-refractivity contribution is 0.0688. The van der Waals surface area contributed by atoms with Crippen molar-refractivity contribution in [3.05, 3.63) is 52.8 Å². The van der Waals surface area contributed by atoms with E-state index in [0.29, 0.717) is 6.54 Å². The number of aromatic nitrogens is 2. The van der Waals surface area contributed by atoms with Crippen molar-refractivity contribution in [2.24, 2.45) is 0 Å². The largest absolute Gasteiger partial charge is 0.476 e. The van der Waals surface area contributed by atoms with E-state index in [2.05, 4.69) is 27.2 Å². The van der Waals surface area contributed by atoms with Gasteiger partial charge in [-0.05, 0) is 5.56 Å². The van der Waals surface area contributed by atoms with E-state index >= 15 is 0 Å². The molecule has 0 spiro atoms. The Morgan fingerprint density at radius 1 is 1.33 bits per heavy atom. The Labute approximate surface area is 104 Å². The van der Waals surface area contributed by atoms with E-state index in [9.17, 15) is 4.79 Å². The highest BCUT2D eigenvalue weighted by Gasteiger charge is 2.27. The Hall–Kier alpha value is -2.14. The topological polar surface area (TPSA) is 69.2 Å². The molecular weight excluding hydrogens is 230 g/mol. The van der Waals surface area contributed by atoms with Crippen molar-refractivity contribution in [2.45, 2.75) is 19.6 Å². The number of aromatic amines is 1. The van der Waals surface area contributed by atoms with Gasteiger partial charge < -0.3 is 5.11 Å². The Balaban J connectivity index is 1.75. The number of nitrogens with one attached hydrogen (secondary N) is 1. The minimum atomic E-state index is -0.964. The summed E-state index contributed by atoms with van der Waals surface area (Å²) in [6.45, 7) is 2.19. The average molecular weight is 243 g/mol. The van der Waals surface area contributed by atoms with Crippen molar-refractivity contribution in [1.29, 1.82) is 0 Å². The van der Waals surface area contributed by atoms with Gasteiger partial charge in [-0.3, -0.25) is 10.00 Å². The quantitative estimate of drug-likeness (QED) is 0.859. The Bertz CT molecular complexity index is 577. The molecule has 2 aromatic rings. The second-order valence-corrected chi connectivity index (χ2v) is 4.47. The number of aromatic carboxylic acids is 1. The lowest BCUT2D eigenvalue weighted by Gasteiger charge is -2.14. The number of carboxylic acid groups (broad SMARTS) is 1. The van der Waals surface area contributed by atoms with Gasteiger partial charge in [-0.2, -0.15) is 5.10 Å². The molecule has 0 atom stereocenters. The molecule has 0 amide bonds. The van der Waals surface area contributed by atoms with Gasteiger partial charge in [-0.25, -0.2) is 4.79 Å². The molecule has 0 bridgehead atoms. The molecule has 18 heavy (non-hydrogen) atoms. The molecule has 2 heterocycles. The molecule has 5 nitrogen and oxygen atoms in total. The zero-order valence-electron chi connectivity index (χ0n) is 9.76. The van der Waals surface area contributed by atoms with E-state index in [0.717, 1.165) is 24.3 Å². The van der Waals surface area contributed by atoms with Crippen molar-refractivity contribution < 1.29 is 9.90 Å². The molecule has 3 rings (SSSR count). The van der Waals surface area contributed by atoms with E-state index in [-0.39, 0.29) is 5.69 Å². The number of carboxylic acids is 1. The third-order valence-corrected chi connectivity index (χ3v) is 3.17. The summed E-state index contributed by atoms with van der Waals surface area (Å²) in [7, 11) is 0. The SMILES string of the molecule is O=C(O)c1n[nH]c2c1CN(Cc1ccccc1)C2. The summed E-state index contributed by atoms with van der Waals surface area (Å²) in [6.07, 6.45) is 0. The highest BCUT2D eigenvalue weighted by atomic mass is 16.4. The van der Waals surface area contributed by atoms with Crippen LogP contribution in [0.25, 0.3) is 0 Å². The number of H-pyrrole nitrogens is 1. The molecule has 0 radical (unpaired) electrons. The minimum Gasteiger partial charge on any atom is -0.476 e. The van der Waals surface area contributed by atoms with Crippen LogP contribution in [-0.2, 0) is 19.6 Å². The van der Waals surface area contributed by atoms with Gasteiger partial charge in [0.05, 0.1) is 5.69 Å². The van der Waals surface area contributed by atoms with Gasteiger partial charge in [0.1, 0.15) is 0 Å². The summed E-state index contributed by atoms with van der Waals surface area (Å²) in [5, 5.41) is 15.7. The van der Waals surface area contributed by atoms with Crippen LogP contribution in [0.5, 0.6) is 0 Å². The maximum Gasteiger partial charge on any atom is 0.356 e. The van der Waals surface area contributed by atoms with Crippen LogP contribution in [0.1, 0.15) is 27.3 Å². The molecule has 5 heteroatoms. The molecular formula is C13H13N3O2. The Kier molecular flexibility index (Phi) is 2.60. The first kappa shape index (κ1) is 11.0. The fraction of sp³-hybridized carbons (Fsp3) is 0.231. The first-order chi connectivity index (χ1) is 8.74. The van der Waals surface area contributed by atoms with E-state index in [1.807, 2.05) is 18.2 Å². The Morgan fingerprint density at radius 3 is 2.83 bits per heavy atom. The van der Waals surface area contributed by atoms with Crippen LogP contribution in [0.3, 0.4) is 0 Å². The molecule has 92 valence electrons. The highest BCUT2D eigenvalue weighted by Crippen LogP contribution is 2.25. The van der Waals surface area contributed by atoms with Crippen LogP contribution in [0.15, 0.2) is 30.3 Å². The van der Waals surface area contributed by atoms with Gasteiger partial charge in [-0.15, -0.1) is 0 Å². The summed E-state index contributed by atoms with van der Waals surface area (Å²) in [6, 6.07) is 10.2. The van der Waals surface area contributed by atoms with Crippen molar-refractivity contribution in [1.82, 2.24) is 15.1 Å². The fourth-order valence-electron chi connectivity index (χ4n) is 2.34. The summed E-state index contributed by atoms with van der Waals surface area (Å²) >= 11 is 0. The first-order valence-corrected chi connectivity index (χ1v) is 5.79. The fourth-order valence-corrected chi connectivity index (χ4v) is 2.34. The number of benzene rings is 1. The summed E-state index contributed by atoms with van der Waals surface area (Å²) in [4.78, 5) is 13.2. The maximum atomic E-state index is 11.0. The van der Waals surface area contributed by atoms with Crippen LogP contribution < -0.4 is 0 Å². The number of fused-ring (bicyclic) bond motifs is 1. The Morgan fingerprint density at radius 2 is 2.11 bits per heavy atom. The van der Waals surface area contributed by atoms with Crippen molar-refractivity contribution in [2.75, 3.05) is 0 Å². The first-order valence-electron chi connectivity index (χ1n) is 5.79. The van der Waals surface area contributed by atoms with Crippen LogP contribution in [0.4, 0.5) is 0 Å². The van der Waals surface area contributed by atoms with Crippen molar-refractivity contribution in [3.63, 3.8) is 0 Å². The number of rotatable bonds is 3. The van der Waals surface area contributed by atoms with Gasteiger partial charge in [0.15, 0.2) is 5.69 Å². The number of hydrogen-bond acceptors (Lipinski definition) is 3. The second-order valence-electron chi connectivity index (χ2n) is 4.47. The predicted octanol–water partition coefficient (Wildman–Crippen LogP) is 1.62. The van der Waals surface area contributed by atoms with Gasteiger partial charge in [0.25, 0.3) is 0 Å². The molecule has 1 aliphatic rings. The second kappa shape index (κ2) is 4.27. The standard InChI is InChI=1S/C13H13N3O2/c17-13(18)12-10-7-16(8-11(10)14-15-12)6-9-4-2-1-3-5-9/h1-5H,6-8H2,(H,14,15)(H,17,18). The lowest BCUT2D eigenvalue weighted by atomic mass is 10.2. The van der Waals surface area contributed by atoms with E-state index in [1.54, 1.807) is 0 Å². The molecule has 0 unspecified atom stereocenters. The van der Waals surface area contributed by atoms with Crippen LogP contribution in [0, 0.1) is 0 Å². The van der Waals surface area contributed by atoms with Gasteiger partial charge in [0.2, 0.25) is 0 Å². The molecule has 0 aliphatic carbocycles. The maximum absolute atomic E-state index is 11.0. The molecule has 0 saturated carbocycles. The van der Waals surface area contributed by atoms with Gasteiger partial charge in [0, 0.05) is 25.2 Å². The summed E-state index contributed by atoms with van der Waals surface area (Å²) in [5.41, 5.74) is 3.12. The lowest BCUT2D eigenvalue weighted by Crippen LogP contribution is -2.17. The van der Waals surface area contributed by atoms with Crippen LogP contribution in [-0.4, -0.2) is 26.2 Å². The van der Waals surface area contributed by atoms with Crippen molar-refractivity contribution in [3.8, 4) is 0 Å². The summed E-state index contributed by atoms with van der Waals surface area (Å²) < 4.78 is 0.